The Morgan fingerprint density at radius 1 is 1.56 bits per heavy atom. The number of amides is 1. The third-order valence-corrected chi connectivity index (χ3v) is 4.30. The van der Waals surface area contributed by atoms with E-state index in [9.17, 15) is 4.79 Å². The number of carbonyl (C=O) groups excluding carboxylic acids is 1. The molecule has 16 heavy (non-hydrogen) atoms. The van der Waals surface area contributed by atoms with Gasteiger partial charge in [-0.1, -0.05) is 6.92 Å². The third-order valence-electron chi connectivity index (χ3n) is 2.96. The molecule has 0 spiro atoms. The molecule has 0 aromatic carbocycles. The first kappa shape index (κ1) is 13.8. The minimum absolute atomic E-state index is 0.204. The fourth-order valence-electron chi connectivity index (χ4n) is 1.76. The molecule has 1 aliphatic heterocycles. The van der Waals surface area contributed by atoms with Crippen LogP contribution in [0.15, 0.2) is 0 Å². The highest BCUT2D eigenvalue weighted by Crippen LogP contribution is 2.23. The topological polar surface area (TPSA) is 41.6 Å². The van der Waals surface area contributed by atoms with E-state index in [2.05, 4.69) is 19.2 Å². The van der Waals surface area contributed by atoms with Crippen LogP contribution < -0.4 is 5.32 Å². The van der Waals surface area contributed by atoms with Crippen molar-refractivity contribution < 1.29 is 9.53 Å². The number of methoxy groups -OCH3 is 1. The van der Waals surface area contributed by atoms with E-state index in [1.54, 1.807) is 7.11 Å². The summed E-state index contributed by atoms with van der Waals surface area (Å²) < 4.78 is 4.92. The Balaban J connectivity index is 2.29. The second kappa shape index (κ2) is 7.14. The van der Waals surface area contributed by atoms with E-state index in [0.29, 0.717) is 24.4 Å². The molecule has 5 heteroatoms. The Morgan fingerprint density at radius 2 is 2.31 bits per heavy atom. The molecule has 1 heterocycles. The zero-order chi connectivity index (χ0) is 12.0. The van der Waals surface area contributed by atoms with Crippen LogP contribution in [-0.4, -0.2) is 61.2 Å². The monoisotopic (exact) mass is 246 g/mol. The Kier molecular flexibility index (Phi) is 6.16. The highest BCUT2D eigenvalue weighted by atomic mass is 32.2. The molecular formula is C11H22N2O2S. The SMILES string of the molecule is COCCNCC(=O)N1CCSC(C)C1C. The summed E-state index contributed by atoms with van der Waals surface area (Å²) in [6.07, 6.45) is 0. The number of carbonyl (C=O) groups is 1. The van der Waals surface area contributed by atoms with Gasteiger partial charge in [0, 0.05) is 37.2 Å². The van der Waals surface area contributed by atoms with Gasteiger partial charge < -0.3 is 15.0 Å². The van der Waals surface area contributed by atoms with Crippen molar-refractivity contribution in [3.05, 3.63) is 0 Å². The van der Waals surface area contributed by atoms with Crippen molar-refractivity contribution in [2.75, 3.05) is 39.1 Å². The van der Waals surface area contributed by atoms with E-state index >= 15 is 0 Å². The second-order valence-corrected chi connectivity index (χ2v) is 5.56. The maximum atomic E-state index is 11.9. The highest BCUT2D eigenvalue weighted by Gasteiger charge is 2.28. The van der Waals surface area contributed by atoms with Crippen LogP contribution >= 0.6 is 11.8 Å². The summed E-state index contributed by atoms with van der Waals surface area (Å²) in [6.45, 7) is 6.99. The van der Waals surface area contributed by atoms with Gasteiger partial charge in [0.25, 0.3) is 0 Å². The summed E-state index contributed by atoms with van der Waals surface area (Å²) in [7, 11) is 1.66. The quantitative estimate of drug-likeness (QED) is 0.720. The van der Waals surface area contributed by atoms with Crippen molar-refractivity contribution in [1.29, 1.82) is 0 Å². The molecule has 0 saturated carbocycles. The second-order valence-electron chi connectivity index (χ2n) is 4.07. The number of rotatable bonds is 5. The number of ether oxygens (including phenoxy) is 1. The molecule has 0 aromatic rings. The molecule has 94 valence electrons. The summed E-state index contributed by atoms with van der Waals surface area (Å²) in [6, 6.07) is 0.343. The van der Waals surface area contributed by atoms with Crippen LogP contribution in [0.25, 0.3) is 0 Å². The van der Waals surface area contributed by atoms with Gasteiger partial charge in [0.1, 0.15) is 0 Å². The maximum Gasteiger partial charge on any atom is 0.236 e. The summed E-state index contributed by atoms with van der Waals surface area (Å²) in [5.74, 6) is 1.26. The van der Waals surface area contributed by atoms with Crippen LogP contribution in [0.3, 0.4) is 0 Å². The van der Waals surface area contributed by atoms with Crippen LogP contribution in [0.1, 0.15) is 13.8 Å². The van der Waals surface area contributed by atoms with Gasteiger partial charge in [0.05, 0.1) is 13.2 Å². The largest absolute Gasteiger partial charge is 0.383 e. The average Bonchev–Trinajstić information content (AvgIpc) is 2.28. The molecule has 1 fully saturated rings. The van der Waals surface area contributed by atoms with E-state index in [0.717, 1.165) is 18.8 Å². The maximum absolute atomic E-state index is 11.9. The number of nitrogens with one attached hydrogen (secondary N) is 1. The number of hydrogen-bond acceptors (Lipinski definition) is 4. The zero-order valence-electron chi connectivity index (χ0n) is 10.4. The van der Waals surface area contributed by atoms with E-state index in [-0.39, 0.29) is 5.91 Å². The first-order valence-corrected chi connectivity index (χ1v) is 6.82. The fraction of sp³-hybridized carbons (Fsp3) is 0.909. The van der Waals surface area contributed by atoms with E-state index < -0.39 is 0 Å². The van der Waals surface area contributed by atoms with Gasteiger partial charge in [0.2, 0.25) is 5.91 Å². The van der Waals surface area contributed by atoms with Gasteiger partial charge in [-0.25, -0.2) is 0 Å². The van der Waals surface area contributed by atoms with E-state index in [4.69, 9.17) is 4.74 Å². The van der Waals surface area contributed by atoms with E-state index in [1.807, 2.05) is 16.7 Å². The molecule has 0 bridgehead atoms. The first-order chi connectivity index (χ1) is 7.66. The molecule has 1 rings (SSSR count). The normalized spacial score (nSPS) is 25.8. The van der Waals surface area contributed by atoms with Crippen molar-refractivity contribution in [3.8, 4) is 0 Å². The molecule has 1 N–H and O–H groups in total. The minimum atomic E-state index is 0.204. The molecule has 1 aliphatic rings. The molecule has 1 amide bonds. The molecule has 2 atom stereocenters. The van der Waals surface area contributed by atoms with Gasteiger partial charge in [-0.2, -0.15) is 11.8 Å². The lowest BCUT2D eigenvalue weighted by Crippen LogP contribution is -2.50. The molecule has 0 aliphatic carbocycles. The van der Waals surface area contributed by atoms with Crippen LogP contribution in [0.4, 0.5) is 0 Å². The van der Waals surface area contributed by atoms with Crippen molar-refractivity contribution in [2.45, 2.75) is 25.1 Å². The zero-order valence-corrected chi connectivity index (χ0v) is 11.2. The lowest BCUT2D eigenvalue weighted by Gasteiger charge is -2.37. The van der Waals surface area contributed by atoms with Crippen molar-refractivity contribution >= 4 is 17.7 Å². The predicted octanol–water partition coefficient (Wildman–Crippen LogP) is 0.575. The Labute approximate surface area is 102 Å². The van der Waals surface area contributed by atoms with Crippen molar-refractivity contribution in [2.24, 2.45) is 0 Å². The standard InChI is InChI=1S/C11H22N2O2S/c1-9-10(2)16-7-5-13(9)11(14)8-12-4-6-15-3/h9-10,12H,4-8H2,1-3H3. The first-order valence-electron chi connectivity index (χ1n) is 5.77. The fourth-order valence-corrected chi connectivity index (χ4v) is 2.86. The van der Waals surface area contributed by atoms with Gasteiger partial charge in [-0.05, 0) is 6.92 Å². The number of nitrogens with zero attached hydrogens (tertiary/aromatic N) is 1. The molecule has 2 unspecified atom stereocenters. The van der Waals surface area contributed by atoms with Crippen molar-refractivity contribution in [1.82, 2.24) is 10.2 Å². The summed E-state index contributed by atoms with van der Waals surface area (Å²) in [5, 5.41) is 3.63. The Hall–Kier alpha value is -0.260. The highest BCUT2D eigenvalue weighted by molar-refractivity contribution is 8.00. The van der Waals surface area contributed by atoms with Crippen LogP contribution in [0, 0.1) is 0 Å². The third kappa shape index (κ3) is 3.96. The lowest BCUT2D eigenvalue weighted by atomic mass is 10.2. The van der Waals surface area contributed by atoms with E-state index in [1.165, 1.54) is 0 Å². The Morgan fingerprint density at radius 3 is 3.00 bits per heavy atom. The summed E-state index contributed by atoms with van der Waals surface area (Å²) in [4.78, 5) is 13.9. The summed E-state index contributed by atoms with van der Waals surface area (Å²) >= 11 is 1.94. The average molecular weight is 246 g/mol. The molecule has 4 nitrogen and oxygen atoms in total. The minimum Gasteiger partial charge on any atom is -0.383 e. The van der Waals surface area contributed by atoms with Crippen molar-refractivity contribution in [3.63, 3.8) is 0 Å². The smallest absolute Gasteiger partial charge is 0.236 e. The lowest BCUT2D eigenvalue weighted by molar-refractivity contribution is -0.132. The van der Waals surface area contributed by atoms with Gasteiger partial charge in [0.15, 0.2) is 0 Å². The number of thioether (sulfide) groups is 1. The number of hydrogen-bond donors (Lipinski definition) is 1. The molecular weight excluding hydrogens is 224 g/mol. The Bertz CT molecular complexity index is 226. The molecule has 0 radical (unpaired) electrons. The molecule has 1 saturated heterocycles. The van der Waals surface area contributed by atoms with Crippen LogP contribution in [-0.2, 0) is 9.53 Å². The van der Waals surface area contributed by atoms with Crippen LogP contribution in [0.5, 0.6) is 0 Å². The van der Waals surface area contributed by atoms with Crippen LogP contribution in [0.2, 0.25) is 0 Å². The van der Waals surface area contributed by atoms with Gasteiger partial charge in [-0.3, -0.25) is 4.79 Å². The summed E-state index contributed by atoms with van der Waals surface area (Å²) in [5.41, 5.74) is 0. The van der Waals surface area contributed by atoms with Gasteiger partial charge >= 0.3 is 0 Å². The van der Waals surface area contributed by atoms with Gasteiger partial charge in [-0.15, -0.1) is 0 Å². The molecule has 0 aromatic heterocycles. The predicted molar refractivity (Wildman–Crippen MR) is 67.8 cm³/mol.